The van der Waals surface area contributed by atoms with Gasteiger partial charge in [0.05, 0.1) is 23.6 Å². The van der Waals surface area contributed by atoms with Crippen molar-refractivity contribution in [2.75, 3.05) is 5.32 Å². The highest BCUT2D eigenvalue weighted by Gasteiger charge is 2.12. The number of hydrogen-bond acceptors (Lipinski definition) is 7. The third-order valence-corrected chi connectivity index (χ3v) is 5.84. The molecule has 0 aliphatic heterocycles. The number of aromatic nitrogens is 7. The zero-order valence-electron chi connectivity index (χ0n) is 18.6. The summed E-state index contributed by atoms with van der Waals surface area (Å²) in [5.74, 6) is 1.33. The summed E-state index contributed by atoms with van der Waals surface area (Å²) in [4.78, 5) is 25.1. The highest BCUT2D eigenvalue weighted by molar-refractivity contribution is 6.00. The van der Waals surface area contributed by atoms with Gasteiger partial charge in [-0.1, -0.05) is 12.1 Å². The van der Waals surface area contributed by atoms with Crippen LogP contribution in [0, 0.1) is 0 Å². The Morgan fingerprint density at radius 3 is 2.77 bits per heavy atom. The first kappa shape index (κ1) is 20.7. The molecule has 0 fully saturated rings. The van der Waals surface area contributed by atoms with Crippen molar-refractivity contribution in [2.45, 2.75) is 12.8 Å². The number of ketones is 1. The van der Waals surface area contributed by atoms with E-state index in [1.165, 1.54) is 0 Å². The van der Waals surface area contributed by atoms with Crippen molar-refractivity contribution in [3.8, 4) is 11.4 Å². The monoisotopic (exact) mass is 460 g/mol. The highest BCUT2D eigenvalue weighted by atomic mass is 16.1. The molecule has 0 amide bonds. The van der Waals surface area contributed by atoms with Crippen molar-refractivity contribution in [2.24, 2.45) is 0 Å². The summed E-state index contributed by atoms with van der Waals surface area (Å²) in [6, 6.07) is 17.4. The summed E-state index contributed by atoms with van der Waals surface area (Å²) in [6.07, 6.45) is 7.84. The molecule has 0 saturated carbocycles. The number of fused-ring (bicyclic) bond motifs is 2. The van der Waals surface area contributed by atoms with Crippen LogP contribution in [0.1, 0.15) is 22.5 Å². The van der Waals surface area contributed by atoms with Crippen molar-refractivity contribution >= 4 is 39.1 Å². The largest absolute Gasteiger partial charge is 0.352 e. The predicted molar refractivity (Wildman–Crippen MR) is 133 cm³/mol. The zero-order valence-corrected chi connectivity index (χ0v) is 18.6. The lowest BCUT2D eigenvalue weighted by Crippen LogP contribution is -2.01. The molecule has 0 unspecified atom stereocenters. The maximum Gasteiger partial charge on any atom is 0.179 e. The molecule has 9 nitrogen and oxygen atoms in total. The van der Waals surface area contributed by atoms with Crippen LogP contribution >= 0.6 is 0 Å². The quantitative estimate of drug-likeness (QED) is 0.291. The van der Waals surface area contributed by atoms with E-state index in [0.29, 0.717) is 30.2 Å². The van der Waals surface area contributed by atoms with Crippen LogP contribution < -0.4 is 5.32 Å². The number of carbonyl (C=O) groups is 1. The summed E-state index contributed by atoms with van der Waals surface area (Å²) in [5.41, 5.74) is 5.19. The summed E-state index contributed by atoms with van der Waals surface area (Å²) in [6.45, 7) is 0. The number of benzene rings is 2. The van der Waals surface area contributed by atoms with Gasteiger partial charge in [-0.05, 0) is 54.4 Å². The van der Waals surface area contributed by atoms with Crippen LogP contribution in [0.4, 0.5) is 11.5 Å². The zero-order chi connectivity index (χ0) is 23.6. The van der Waals surface area contributed by atoms with Crippen molar-refractivity contribution in [1.82, 2.24) is 35.3 Å². The SMILES string of the molecule is O=C(CCc1ccnnc1)c1cc2ccc(-c3nccc(Nc4ccc5[nH]ncc5c4)n3)cc2[nH]1. The normalized spacial score (nSPS) is 11.2. The van der Waals surface area contributed by atoms with Gasteiger partial charge in [0.25, 0.3) is 0 Å². The van der Waals surface area contributed by atoms with Gasteiger partial charge in [0.2, 0.25) is 0 Å². The van der Waals surface area contributed by atoms with E-state index in [0.717, 1.165) is 38.6 Å². The summed E-state index contributed by atoms with van der Waals surface area (Å²) in [7, 11) is 0. The average molecular weight is 461 g/mol. The second-order valence-electron chi connectivity index (χ2n) is 8.22. The molecule has 0 atom stereocenters. The highest BCUT2D eigenvalue weighted by Crippen LogP contribution is 2.25. The lowest BCUT2D eigenvalue weighted by molar-refractivity contribution is 0.0979. The molecule has 2 aromatic carbocycles. The van der Waals surface area contributed by atoms with Gasteiger partial charge in [0, 0.05) is 46.4 Å². The van der Waals surface area contributed by atoms with E-state index < -0.39 is 0 Å². The number of rotatable bonds is 7. The van der Waals surface area contributed by atoms with Gasteiger partial charge in [-0.2, -0.15) is 15.3 Å². The Kier molecular flexibility index (Phi) is 5.19. The van der Waals surface area contributed by atoms with E-state index in [9.17, 15) is 4.79 Å². The first-order valence-corrected chi connectivity index (χ1v) is 11.2. The van der Waals surface area contributed by atoms with E-state index >= 15 is 0 Å². The van der Waals surface area contributed by atoms with E-state index in [-0.39, 0.29) is 5.78 Å². The predicted octanol–water partition coefficient (Wildman–Crippen LogP) is 4.85. The molecule has 0 aliphatic carbocycles. The molecule has 9 heteroatoms. The molecular formula is C26H20N8O. The molecule has 35 heavy (non-hydrogen) atoms. The Morgan fingerprint density at radius 1 is 0.886 bits per heavy atom. The molecule has 6 aromatic rings. The third kappa shape index (κ3) is 4.34. The molecule has 4 heterocycles. The smallest absolute Gasteiger partial charge is 0.179 e. The van der Waals surface area contributed by atoms with Crippen molar-refractivity contribution in [1.29, 1.82) is 0 Å². The fourth-order valence-corrected chi connectivity index (χ4v) is 4.01. The Hall–Kier alpha value is -4.92. The Balaban J connectivity index is 1.21. The second kappa shape index (κ2) is 8.79. The van der Waals surface area contributed by atoms with Crippen LogP contribution in [-0.2, 0) is 6.42 Å². The van der Waals surface area contributed by atoms with Crippen LogP contribution in [0.2, 0.25) is 0 Å². The average Bonchev–Trinajstić information content (AvgIpc) is 3.54. The number of aromatic amines is 2. The van der Waals surface area contributed by atoms with Gasteiger partial charge in [-0.3, -0.25) is 9.89 Å². The maximum absolute atomic E-state index is 12.7. The molecule has 0 radical (unpaired) electrons. The molecule has 4 aromatic heterocycles. The van der Waals surface area contributed by atoms with Gasteiger partial charge in [-0.25, -0.2) is 9.97 Å². The fourth-order valence-electron chi connectivity index (χ4n) is 4.01. The maximum atomic E-state index is 12.7. The second-order valence-corrected chi connectivity index (χ2v) is 8.22. The van der Waals surface area contributed by atoms with Gasteiger partial charge in [-0.15, -0.1) is 0 Å². The number of H-pyrrole nitrogens is 2. The third-order valence-electron chi connectivity index (χ3n) is 5.84. The standard InChI is InChI=1S/C26H20N8O/c35-24(6-1-16-7-10-28-29-14-16)23-12-17-2-3-18(13-22(17)32-23)26-27-9-8-25(33-26)31-20-4-5-21-19(11-20)15-30-34-21/h2-5,7-15,32H,1,6H2,(H,30,34)(H,27,31,33). The van der Waals surface area contributed by atoms with Crippen LogP contribution in [-0.4, -0.2) is 41.1 Å². The minimum atomic E-state index is 0.0524. The number of aryl methyl sites for hydroxylation is 1. The van der Waals surface area contributed by atoms with Gasteiger partial charge >= 0.3 is 0 Å². The molecule has 0 aliphatic rings. The number of hydrogen-bond donors (Lipinski definition) is 3. The minimum absolute atomic E-state index is 0.0524. The van der Waals surface area contributed by atoms with E-state index in [2.05, 4.69) is 40.7 Å². The van der Waals surface area contributed by atoms with Crippen LogP contribution in [0.3, 0.4) is 0 Å². The van der Waals surface area contributed by atoms with Gasteiger partial charge in [0.1, 0.15) is 5.82 Å². The van der Waals surface area contributed by atoms with E-state index in [1.54, 1.807) is 24.8 Å². The van der Waals surface area contributed by atoms with Crippen LogP contribution in [0.15, 0.2) is 79.4 Å². The molecule has 0 saturated heterocycles. The first-order valence-electron chi connectivity index (χ1n) is 11.2. The minimum Gasteiger partial charge on any atom is -0.352 e. The molecular weight excluding hydrogens is 440 g/mol. The molecule has 170 valence electrons. The lowest BCUT2D eigenvalue weighted by Gasteiger charge is -2.07. The topological polar surface area (TPSA) is 125 Å². The van der Waals surface area contributed by atoms with Crippen molar-refractivity contribution < 1.29 is 4.79 Å². The van der Waals surface area contributed by atoms with Crippen LogP contribution in [0.5, 0.6) is 0 Å². The summed E-state index contributed by atoms with van der Waals surface area (Å²) < 4.78 is 0. The van der Waals surface area contributed by atoms with Crippen LogP contribution in [0.25, 0.3) is 33.2 Å². The Bertz CT molecular complexity index is 1650. The number of Topliss-reactive ketones (excluding diaryl/α,β-unsaturated/α-hetero) is 1. The molecule has 6 rings (SSSR count). The number of anilines is 2. The number of nitrogens with zero attached hydrogens (tertiary/aromatic N) is 5. The first-order chi connectivity index (χ1) is 17.2. The Morgan fingerprint density at radius 2 is 1.86 bits per heavy atom. The Labute approximate surface area is 199 Å². The summed E-state index contributed by atoms with van der Waals surface area (Å²) >= 11 is 0. The van der Waals surface area contributed by atoms with Crippen molar-refractivity contribution in [3.05, 3.63) is 90.6 Å². The summed E-state index contributed by atoms with van der Waals surface area (Å²) in [5, 5.41) is 19.9. The van der Waals surface area contributed by atoms with Gasteiger partial charge < -0.3 is 10.3 Å². The molecule has 3 N–H and O–H groups in total. The molecule has 0 bridgehead atoms. The van der Waals surface area contributed by atoms with E-state index in [4.69, 9.17) is 0 Å². The lowest BCUT2D eigenvalue weighted by atomic mass is 10.1. The number of carbonyl (C=O) groups excluding carboxylic acids is 1. The van der Waals surface area contributed by atoms with E-state index in [1.807, 2.05) is 54.6 Å². The van der Waals surface area contributed by atoms with Gasteiger partial charge in [0.15, 0.2) is 11.6 Å². The fraction of sp³-hybridized carbons (Fsp3) is 0.0769. The molecule has 0 spiro atoms. The van der Waals surface area contributed by atoms with Crippen molar-refractivity contribution in [3.63, 3.8) is 0 Å². The number of nitrogens with one attached hydrogen (secondary N) is 3.